The van der Waals surface area contributed by atoms with Crippen LogP contribution in [-0.2, 0) is 16.4 Å². The molecule has 6 rings (SSSR count). The molecule has 0 amide bonds. The van der Waals surface area contributed by atoms with Gasteiger partial charge >= 0.3 is 0 Å². The van der Waals surface area contributed by atoms with E-state index in [9.17, 15) is 8.42 Å². The second-order valence-electron chi connectivity index (χ2n) is 9.05. The van der Waals surface area contributed by atoms with Crippen molar-refractivity contribution in [2.75, 3.05) is 10.8 Å². The molecule has 5 N–H and O–H groups in total. The van der Waals surface area contributed by atoms with Gasteiger partial charge in [0.1, 0.15) is 6.17 Å². The number of halogens is 1. The predicted octanol–water partition coefficient (Wildman–Crippen LogP) is 3.77. The van der Waals surface area contributed by atoms with Gasteiger partial charge in [0.2, 0.25) is 0 Å². The molecule has 0 radical (unpaired) electrons. The zero-order chi connectivity index (χ0) is 25.7. The van der Waals surface area contributed by atoms with Gasteiger partial charge in [0.25, 0.3) is 10.0 Å². The lowest BCUT2D eigenvalue weighted by Crippen LogP contribution is -2.57. The van der Waals surface area contributed by atoms with E-state index in [1.54, 1.807) is 47.5 Å². The minimum atomic E-state index is -3.89. The number of para-hydroxylation sites is 1. The Morgan fingerprint density at radius 3 is 2.38 bits per heavy atom. The number of aromatic nitrogens is 2. The van der Waals surface area contributed by atoms with Crippen LogP contribution in [0.25, 0.3) is 11.1 Å². The van der Waals surface area contributed by atoms with Crippen molar-refractivity contribution in [1.29, 1.82) is 0 Å². The van der Waals surface area contributed by atoms with E-state index in [2.05, 4.69) is 15.2 Å². The number of aromatic amines is 1. The standard InChI is InChI=1S/C26H24ClN7O2S/c27-19-9-5-16(6-10-19)17-7-11-21(12-8-17)37(35,36)33-15-20(13-18-3-1-2-4-23(18)33)34-24(28)22-14-30-32-25(22)31-26(34)29/h1-12,14,20,24H,13,15,28H2,(H3,29,30,31,32). The highest BCUT2D eigenvalue weighted by Gasteiger charge is 2.40. The van der Waals surface area contributed by atoms with Crippen LogP contribution >= 0.6 is 11.6 Å². The van der Waals surface area contributed by atoms with Crippen molar-refractivity contribution in [3.8, 4) is 11.1 Å². The molecule has 3 heterocycles. The van der Waals surface area contributed by atoms with Crippen molar-refractivity contribution < 1.29 is 8.42 Å². The maximum absolute atomic E-state index is 14.0. The van der Waals surface area contributed by atoms with Gasteiger partial charge in [-0.05, 0) is 53.4 Å². The molecule has 11 heteroatoms. The van der Waals surface area contributed by atoms with E-state index >= 15 is 0 Å². The Morgan fingerprint density at radius 1 is 0.973 bits per heavy atom. The number of aliphatic imine (C=N–C) groups is 1. The van der Waals surface area contributed by atoms with Crippen molar-refractivity contribution in [1.82, 2.24) is 15.1 Å². The van der Waals surface area contributed by atoms with Gasteiger partial charge in [-0.1, -0.05) is 54.1 Å². The quantitative estimate of drug-likeness (QED) is 0.365. The Kier molecular flexibility index (Phi) is 5.67. The van der Waals surface area contributed by atoms with Crippen LogP contribution in [0.2, 0.25) is 5.02 Å². The molecule has 0 fully saturated rings. The molecule has 2 aliphatic heterocycles. The van der Waals surface area contributed by atoms with Crippen LogP contribution in [0.5, 0.6) is 0 Å². The second-order valence-corrected chi connectivity index (χ2v) is 11.3. The van der Waals surface area contributed by atoms with Crippen molar-refractivity contribution in [2.24, 2.45) is 16.5 Å². The first-order chi connectivity index (χ1) is 17.8. The largest absolute Gasteiger partial charge is 0.369 e. The summed E-state index contributed by atoms with van der Waals surface area (Å²) in [6.45, 7) is 0.162. The van der Waals surface area contributed by atoms with Crippen LogP contribution in [0.15, 0.2) is 88.9 Å². The lowest BCUT2D eigenvalue weighted by Gasteiger charge is -2.44. The minimum Gasteiger partial charge on any atom is -0.369 e. The first kappa shape index (κ1) is 23.5. The summed E-state index contributed by atoms with van der Waals surface area (Å²) in [5.74, 6) is 0.737. The topological polar surface area (TPSA) is 134 Å². The number of nitrogens with two attached hydrogens (primary N) is 2. The lowest BCUT2D eigenvalue weighted by molar-refractivity contribution is 0.233. The number of nitrogens with one attached hydrogen (secondary N) is 1. The number of sulfonamides is 1. The number of hydrogen-bond donors (Lipinski definition) is 3. The number of fused-ring (bicyclic) bond motifs is 2. The molecule has 2 unspecified atom stereocenters. The monoisotopic (exact) mass is 533 g/mol. The Morgan fingerprint density at radius 2 is 1.65 bits per heavy atom. The normalized spacial score (nSPS) is 19.2. The van der Waals surface area contributed by atoms with Gasteiger partial charge in [0.05, 0.1) is 34.9 Å². The Hall–Kier alpha value is -3.86. The first-order valence-corrected chi connectivity index (χ1v) is 13.5. The fourth-order valence-electron chi connectivity index (χ4n) is 5.01. The zero-order valence-corrected chi connectivity index (χ0v) is 21.2. The van der Waals surface area contributed by atoms with Gasteiger partial charge in [-0.3, -0.25) is 9.40 Å². The number of nitrogens with zero attached hydrogens (tertiary/aromatic N) is 4. The summed E-state index contributed by atoms with van der Waals surface area (Å²) in [7, 11) is -3.89. The maximum Gasteiger partial charge on any atom is 0.264 e. The average Bonchev–Trinajstić information content (AvgIpc) is 3.37. The molecule has 0 aliphatic carbocycles. The molecule has 9 nitrogen and oxygen atoms in total. The molecule has 0 spiro atoms. The van der Waals surface area contributed by atoms with Gasteiger partial charge in [-0.15, -0.1) is 0 Å². The van der Waals surface area contributed by atoms with E-state index in [0.29, 0.717) is 28.5 Å². The van der Waals surface area contributed by atoms with Crippen LogP contribution < -0.4 is 15.8 Å². The maximum atomic E-state index is 14.0. The van der Waals surface area contributed by atoms with E-state index < -0.39 is 16.2 Å². The molecular weight excluding hydrogens is 510 g/mol. The van der Waals surface area contributed by atoms with E-state index in [0.717, 1.165) is 16.7 Å². The van der Waals surface area contributed by atoms with Crippen LogP contribution in [0.1, 0.15) is 17.3 Å². The summed E-state index contributed by atoms with van der Waals surface area (Å²) < 4.78 is 29.4. The Labute approximate surface area is 219 Å². The summed E-state index contributed by atoms with van der Waals surface area (Å²) in [4.78, 5) is 6.38. The SMILES string of the molecule is NC1=Nc2[nH]ncc2C(N)N1C1Cc2ccccc2N(S(=O)(=O)c2ccc(-c3ccc(Cl)cc3)cc2)C1. The molecule has 3 aromatic carbocycles. The van der Waals surface area contributed by atoms with Crippen LogP contribution in [0, 0.1) is 0 Å². The summed E-state index contributed by atoms with van der Waals surface area (Å²) in [6, 6.07) is 21.4. The molecule has 2 aliphatic rings. The third kappa shape index (κ3) is 4.03. The van der Waals surface area contributed by atoms with Crippen LogP contribution in [0.4, 0.5) is 11.5 Å². The van der Waals surface area contributed by atoms with Gasteiger partial charge < -0.3 is 16.4 Å². The third-order valence-corrected chi connectivity index (χ3v) is 8.91. The highest BCUT2D eigenvalue weighted by molar-refractivity contribution is 7.92. The Balaban J connectivity index is 1.35. The second kappa shape index (κ2) is 8.91. The summed E-state index contributed by atoms with van der Waals surface area (Å²) in [5.41, 5.74) is 16.9. The van der Waals surface area contributed by atoms with Crippen molar-refractivity contribution >= 4 is 39.1 Å². The number of benzene rings is 3. The lowest BCUT2D eigenvalue weighted by atomic mass is 9.97. The molecule has 4 aromatic rings. The van der Waals surface area contributed by atoms with Crippen molar-refractivity contribution in [3.63, 3.8) is 0 Å². The van der Waals surface area contributed by atoms with Crippen LogP contribution in [-0.4, -0.2) is 42.1 Å². The van der Waals surface area contributed by atoms with Crippen molar-refractivity contribution in [3.05, 3.63) is 95.1 Å². The van der Waals surface area contributed by atoms with Gasteiger partial charge in [0, 0.05) is 5.02 Å². The molecule has 2 atom stereocenters. The number of anilines is 1. The fourth-order valence-corrected chi connectivity index (χ4v) is 6.68. The van der Waals surface area contributed by atoms with E-state index in [-0.39, 0.29) is 23.4 Å². The average molecular weight is 534 g/mol. The highest BCUT2D eigenvalue weighted by Crippen LogP contribution is 2.37. The number of hydrogen-bond acceptors (Lipinski definition) is 7. The number of H-pyrrole nitrogens is 1. The molecule has 0 saturated heterocycles. The highest BCUT2D eigenvalue weighted by atomic mass is 35.5. The summed E-state index contributed by atoms with van der Waals surface area (Å²) >= 11 is 6.00. The fraction of sp³-hybridized carbons (Fsp3) is 0.154. The predicted molar refractivity (Wildman–Crippen MR) is 144 cm³/mol. The molecule has 0 saturated carbocycles. The molecular formula is C26H24ClN7O2S. The van der Waals surface area contributed by atoms with Gasteiger partial charge in [0.15, 0.2) is 11.8 Å². The molecule has 1 aromatic heterocycles. The van der Waals surface area contributed by atoms with Crippen molar-refractivity contribution in [2.45, 2.75) is 23.5 Å². The summed E-state index contributed by atoms with van der Waals surface area (Å²) in [5, 5.41) is 7.46. The molecule has 0 bridgehead atoms. The van der Waals surface area contributed by atoms with Gasteiger partial charge in [-0.2, -0.15) is 10.1 Å². The molecule has 188 valence electrons. The first-order valence-electron chi connectivity index (χ1n) is 11.7. The van der Waals surface area contributed by atoms with Gasteiger partial charge in [-0.25, -0.2) is 8.42 Å². The number of rotatable bonds is 4. The summed E-state index contributed by atoms with van der Waals surface area (Å²) in [6.07, 6.45) is 1.58. The molecule has 37 heavy (non-hydrogen) atoms. The Bertz CT molecular complexity index is 1600. The smallest absolute Gasteiger partial charge is 0.264 e. The van der Waals surface area contributed by atoms with E-state index in [4.69, 9.17) is 23.1 Å². The van der Waals surface area contributed by atoms with Crippen LogP contribution in [0.3, 0.4) is 0 Å². The third-order valence-electron chi connectivity index (χ3n) is 6.86. The number of guanidine groups is 1. The van der Waals surface area contributed by atoms with E-state index in [1.165, 1.54) is 4.31 Å². The zero-order valence-electron chi connectivity index (χ0n) is 19.6. The minimum absolute atomic E-state index is 0.162. The van der Waals surface area contributed by atoms with E-state index in [1.807, 2.05) is 36.4 Å².